The normalized spacial score (nSPS) is 10.7. The minimum atomic E-state index is 0.00910. The smallest absolute Gasteiger partial charge is 0.220 e. The molecule has 7 heteroatoms. The van der Waals surface area contributed by atoms with Crippen molar-refractivity contribution < 1.29 is 4.79 Å². The lowest BCUT2D eigenvalue weighted by Crippen LogP contribution is -2.17. The second-order valence-corrected chi connectivity index (χ2v) is 6.98. The molecule has 30 heavy (non-hydrogen) atoms. The third-order valence-corrected chi connectivity index (χ3v) is 4.89. The highest BCUT2D eigenvalue weighted by molar-refractivity contribution is 5.75. The summed E-state index contributed by atoms with van der Waals surface area (Å²) in [5, 5.41) is 13.0. The van der Waals surface area contributed by atoms with Gasteiger partial charge in [-0.1, -0.05) is 36.4 Å². The van der Waals surface area contributed by atoms with Gasteiger partial charge in [0.25, 0.3) is 0 Å². The molecule has 1 amide bonds. The third kappa shape index (κ3) is 4.57. The fourth-order valence-corrected chi connectivity index (χ4v) is 3.28. The van der Waals surface area contributed by atoms with Crippen molar-refractivity contribution in [3.05, 3.63) is 84.4 Å². The van der Waals surface area contributed by atoms with Crippen LogP contribution >= 0.6 is 0 Å². The Kier molecular flexibility index (Phi) is 5.89. The summed E-state index contributed by atoms with van der Waals surface area (Å²) in [5.41, 5.74) is 5.20. The molecule has 7 nitrogen and oxygen atoms in total. The monoisotopic (exact) mass is 400 g/mol. The van der Waals surface area contributed by atoms with Gasteiger partial charge in [-0.15, -0.1) is 0 Å². The summed E-state index contributed by atoms with van der Waals surface area (Å²) in [6.07, 6.45) is 6.68. The van der Waals surface area contributed by atoms with E-state index in [9.17, 15) is 4.79 Å². The number of carbonyl (C=O) groups excluding carboxylic acids is 1. The van der Waals surface area contributed by atoms with Crippen LogP contribution in [0.1, 0.15) is 17.7 Å². The van der Waals surface area contributed by atoms with Gasteiger partial charge in [0.1, 0.15) is 0 Å². The maximum atomic E-state index is 11.6. The number of imidazole rings is 1. The van der Waals surface area contributed by atoms with E-state index in [0.717, 1.165) is 34.0 Å². The molecule has 4 aromatic rings. The number of aromatic amines is 1. The molecular weight excluding hydrogens is 376 g/mol. The van der Waals surface area contributed by atoms with E-state index in [4.69, 9.17) is 4.98 Å². The summed E-state index contributed by atoms with van der Waals surface area (Å²) < 4.78 is 2.03. The fraction of sp³-hybridized carbons (Fsp3) is 0.174. The number of hydrogen-bond acceptors (Lipinski definition) is 4. The molecule has 0 saturated heterocycles. The van der Waals surface area contributed by atoms with Crippen LogP contribution in [0.3, 0.4) is 0 Å². The molecule has 0 radical (unpaired) electrons. The van der Waals surface area contributed by atoms with Gasteiger partial charge >= 0.3 is 0 Å². The highest BCUT2D eigenvalue weighted by Crippen LogP contribution is 2.21. The van der Waals surface area contributed by atoms with Crippen molar-refractivity contribution in [2.75, 3.05) is 12.4 Å². The third-order valence-electron chi connectivity index (χ3n) is 4.89. The molecule has 0 bridgehead atoms. The van der Waals surface area contributed by atoms with Crippen molar-refractivity contribution in [3.63, 3.8) is 0 Å². The standard InChI is InChI=1S/C23H24N6O/c1-24-22(30)11-10-20-16-29(21-8-3-2-4-9-21)23(28-20)25-13-17-6-5-7-18(12-17)19-14-26-27-15-19/h2-9,12,14-16H,10-11,13H2,1H3,(H,24,30)(H,25,28)(H,26,27). The minimum Gasteiger partial charge on any atom is -0.359 e. The Morgan fingerprint density at radius 2 is 1.97 bits per heavy atom. The number of benzene rings is 2. The molecular formula is C23H24N6O. The Hall–Kier alpha value is -3.87. The van der Waals surface area contributed by atoms with Gasteiger partial charge < -0.3 is 10.6 Å². The molecule has 0 saturated carbocycles. The summed E-state index contributed by atoms with van der Waals surface area (Å²) >= 11 is 0. The van der Waals surface area contributed by atoms with E-state index in [1.165, 1.54) is 0 Å². The lowest BCUT2D eigenvalue weighted by atomic mass is 10.1. The van der Waals surface area contributed by atoms with Crippen LogP contribution in [-0.4, -0.2) is 32.7 Å². The van der Waals surface area contributed by atoms with Gasteiger partial charge in [-0.25, -0.2) is 4.98 Å². The number of hydrogen-bond donors (Lipinski definition) is 3. The van der Waals surface area contributed by atoms with Crippen molar-refractivity contribution in [1.82, 2.24) is 25.1 Å². The van der Waals surface area contributed by atoms with Gasteiger partial charge in [0.05, 0.1) is 11.9 Å². The molecule has 0 aliphatic rings. The van der Waals surface area contributed by atoms with E-state index in [1.54, 1.807) is 7.05 Å². The van der Waals surface area contributed by atoms with Crippen molar-refractivity contribution >= 4 is 11.9 Å². The topological polar surface area (TPSA) is 87.6 Å². The van der Waals surface area contributed by atoms with Gasteiger partial charge in [-0.05, 0) is 29.3 Å². The maximum Gasteiger partial charge on any atom is 0.220 e. The Bertz CT molecular complexity index is 1100. The Morgan fingerprint density at radius 1 is 1.10 bits per heavy atom. The first-order chi connectivity index (χ1) is 14.7. The minimum absolute atomic E-state index is 0.00910. The summed E-state index contributed by atoms with van der Waals surface area (Å²) in [7, 11) is 1.65. The number of H-pyrrole nitrogens is 1. The molecule has 2 heterocycles. The number of aromatic nitrogens is 4. The maximum absolute atomic E-state index is 11.6. The molecule has 3 N–H and O–H groups in total. The van der Waals surface area contributed by atoms with Crippen LogP contribution in [0.25, 0.3) is 16.8 Å². The Morgan fingerprint density at radius 3 is 2.73 bits per heavy atom. The van der Waals surface area contributed by atoms with Gasteiger partial charge in [0, 0.05) is 50.1 Å². The van der Waals surface area contributed by atoms with E-state index in [2.05, 4.69) is 39.0 Å². The summed E-state index contributed by atoms with van der Waals surface area (Å²) in [6.45, 7) is 0.629. The Labute approximate surface area is 175 Å². The van der Waals surface area contributed by atoms with Crippen LogP contribution < -0.4 is 10.6 Å². The molecule has 0 unspecified atom stereocenters. The molecule has 2 aromatic carbocycles. The van der Waals surface area contributed by atoms with Crippen LogP contribution in [0.4, 0.5) is 5.95 Å². The van der Waals surface area contributed by atoms with Crippen molar-refractivity contribution in [1.29, 1.82) is 0 Å². The summed E-state index contributed by atoms with van der Waals surface area (Å²) in [5.74, 6) is 0.761. The van der Waals surface area contributed by atoms with Crippen LogP contribution in [0, 0.1) is 0 Å². The van der Waals surface area contributed by atoms with Crippen LogP contribution in [-0.2, 0) is 17.8 Å². The van der Waals surface area contributed by atoms with E-state index in [0.29, 0.717) is 19.4 Å². The number of para-hydroxylation sites is 1. The van der Waals surface area contributed by atoms with Crippen molar-refractivity contribution in [3.8, 4) is 16.8 Å². The SMILES string of the molecule is CNC(=O)CCc1cn(-c2ccccc2)c(NCc2cccc(-c3cn[nH]c3)c2)n1. The average Bonchev–Trinajstić information content (AvgIpc) is 3.47. The molecule has 0 atom stereocenters. The fourth-order valence-electron chi connectivity index (χ4n) is 3.28. The second kappa shape index (κ2) is 9.09. The number of nitrogens with one attached hydrogen (secondary N) is 3. The summed E-state index contributed by atoms with van der Waals surface area (Å²) in [6, 6.07) is 18.4. The van der Waals surface area contributed by atoms with E-state index in [-0.39, 0.29) is 5.91 Å². The number of amides is 1. The first-order valence-corrected chi connectivity index (χ1v) is 9.89. The molecule has 0 spiro atoms. The van der Waals surface area contributed by atoms with Crippen LogP contribution in [0.5, 0.6) is 0 Å². The average molecular weight is 400 g/mol. The van der Waals surface area contributed by atoms with E-state index < -0.39 is 0 Å². The molecule has 2 aromatic heterocycles. The summed E-state index contributed by atoms with van der Waals surface area (Å²) in [4.78, 5) is 16.4. The van der Waals surface area contributed by atoms with Gasteiger partial charge in [-0.3, -0.25) is 14.5 Å². The quantitative estimate of drug-likeness (QED) is 0.422. The lowest BCUT2D eigenvalue weighted by molar-refractivity contribution is -0.120. The van der Waals surface area contributed by atoms with E-state index in [1.807, 2.05) is 59.6 Å². The van der Waals surface area contributed by atoms with Gasteiger partial charge in [0.15, 0.2) is 0 Å². The zero-order valence-electron chi connectivity index (χ0n) is 16.8. The Balaban J connectivity index is 1.54. The van der Waals surface area contributed by atoms with Crippen LogP contribution in [0.15, 0.2) is 73.2 Å². The van der Waals surface area contributed by atoms with E-state index >= 15 is 0 Å². The van der Waals surface area contributed by atoms with Crippen molar-refractivity contribution in [2.24, 2.45) is 0 Å². The first kappa shape index (κ1) is 19.4. The zero-order chi connectivity index (χ0) is 20.8. The predicted molar refractivity (Wildman–Crippen MR) is 117 cm³/mol. The molecule has 0 aliphatic carbocycles. The molecule has 0 fully saturated rings. The van der Waals surface area contributed by atoms with Gasteiger partial charge in [0.2, 0.25) is 11.9 Å². The number of anilines is 1. The predicted octanol–water partition coefficient (Wildman–Crippen LogP) is 3.55. The number of carbonyl (C=O) groups is 1. The highest BCUT2D eigenvalue weighted by atomic mass is 16.1. The number of rotatable bonds is 8. The molecule has 0 aliphatic heterocycles. The number of aryl methyl sites for hydroxylation is 1. The highest BCUT2D eigenvalue weighted by Gasteiger charge is 2.11. The number of nitrogens with zero attached hydrogens (tertiary/aromatic N) is 3. The van der Waals surface area contributed by atoms with Crippen molar-refractivity contribution in [2.45, 2.75) is 19.4 Å². The van der Waals surface area contributed by atoms with Crippen LogP contribution in [0.2, 0.25) is 0 Å². The lowest BCUT2D eigenvalue weighted by Gasteiger charge is -2.10. The largest absolute Gasteiger partial charge is 0.359 e. The van der Waals surface area contributed by atoms with Gasteiger partial charge in [-0.2, -0.15) is 5.10 Å². The molecule has 4 rings (SSSR count). The first-order valence-electron chi connectivity index (χ1n) is 9.89. The second-order valence-electron chi connectivity index (χ2n) is 6.98. The zero-order valence-corrected chi connectivity index (χ0v) is 16.8. The molecule has 152 valence electrons.